The number of carbonyl (C=O) groups is 1. The zero-order valence-corrected chi connectivity index (χ0v) is 17.9. The van der Waals surface area contributed by atoms with Crippen LogP contribution in [0.3, 0.4) is 0 Å². The molecule has 3 rings (SSSR count). The molecule has 0 bridgehead atoms. The van der Waals surface area contributed by atoms with Crippen molar-refractivity contribution in [2.75, 3.05) is 43.4 Å². The fraction of sp³-hybridized carbons (Fsp3) is 0.381. The van der Waals surface area contributed by atoms with Crippen LogP contribution < -0.4 is 14.5 Å². The summed E-state index contributed by atoms with van der Waals surface area (Å²) in [6.07, 6.45) is 2.49. The number of nitrogens with one attached hydrogen (secondary N) is 1. The highest BCUT2D eigenvalue weighted by atomic mass is 32.2. The van der Waals surface area contributed by atoms with Gasteiger partial charge in [0.2, 0.25) is 0 Å². The monoisotopic (exact) mass is 416 g/mol. The smallest absolute Gasteiger partial charge is 0.303 e. The van der Waals surface area contributed by atoms with Crippen LogP contribution in [0.15, 0.2) is 48.5 Å². The Morgan fingerprint density at radius 3 is 2.10 bits per heavy atom. The Hall–Kier alpha value is -2.58. The van der Waals surface area contributed by atoms with Gasteiger partial charge in [0.15, 0.2) is 0 Å². The molecule has 2 aromatic rings. The molecule has 1 saturated heterocycles. The summed E-state index contributed by atoms with van der Waals surface area (Å²) in [7, 11) is 0.881. The molecule has 1 N–H and O–H groups in total. The molecule has 7 nitrogen and oxygen atoms in total. The van der Waals surface area contributed by atoms with Crippen LogP contribution in [0, 0.1) is 0 Å². The second kappa shape index (κ2) is 8.84. The third-order valence-corrected chi connectivity index (χ3v) is 6.99. The largest absolute Gasteiger partial charge is 0.372 e. The molecule has 0 aromatic heterocycles. The number of hydrogen-bond acceptors (Lipinski definition) is 4. The lowest BCUT2D eigenvalue weighted by Crippen LogP contribution is -2.37. The van der Waals surface area contributed by atoms with Crippen LogP contribution in [0.1, 0.15) is 28.8 Å². The molecule has 8 heteroatoms. The summed E-state index contributed by atoms with van der Waals surface area (Å²) in [5.74, 6) is -0.196. The Morgan fingerprint density at radius 1 is 0.966 bits per heavy atom. The van der Waals surface area contributed by atoms with Gasteiger partial charge in [-0.25, -0.2) is 0 Å². The third kappa shape index (κ3) is 4.89. The minimum Gasteiger partial charge on any atom is -0.372 e. The van der Waals surface area contributed by atoms with E-state index in [1.165, 1.54) is 44.0 Å². The first-order valence-corrected chi connectivity index (χ1v) is 11.1. The first kappa shape index (κ1) is 21.1. The number of nitrogens with zero attached hydrogens (tertiary/aromatic N) is 3. The second-order valence-corrected chi connectivity index (χ2v) is 9.52. The van der Waals surface area contributed by atoms with Crippen molar-refractivity contribution >= 4 is 27.5 Å². The highest BCUT2D eigenvalue weighted by molar-refractivity contribution is 7.90. The molecule has 2 aromatic carbocycles. The maximum absolute atomic E-state index is 12.4. The highest BCUT2D eigenvalue weighted by Gasteiger charge is 2.21. The molecule has 156 valence electrons. The average molecular weight is 417 g/mol. The van der Waals surface area contributed by atoms with Crippen LogP contribution >= 0.6 is 0 Å². The molecule has 0 spiro atoms. The lowest BCUT2D eigenvalue weighted by molar-refractivity contribution is 0.0951. The molecule has 1 fully saturated rings. The molecule has 0 radical (unpaired) electrons. The minimum absolute atomic E-state index is 0.196. The predicted molar refractivity (Wildman–Crippen MR) is 117 cm³/mol. The maximum atomic E-state index is 12.4. The molecule has 1 heterocycles. The molecule has 0 saturated carbocycles. The summed E-state index contributed by atoms with van der Waals surface area (Å²) in [5, 5.41) is 2.91. The van der Waals surface area contributed by atoms with Gasteiger partial charge in [0, 0.05) is 52.0 Å². The standard InChI is InChI=1S/C21H28N4O3S/c1-23(2)29(27,28)24(3)19-12-8-18(9-13-19)21(26)22-16-17-6-10-20(11-7-17)25-14-4-5-15-25/h6-13H,4-5,14-16H2,1-3H3,(H,22,26). The van der Waals surface area contributed by atoms with E-state index in [2.05, 4.69) is 22.3 Å². The van der Waals surface area contributed by atoms with Crippen LogP contribution in [-0.2, 0) is 16.8 Å². The number of rotatable bonds is 7. The highest BCUT2D eigenvalue weighted by Crippen LogP contribution is 2.21. The summed E-state index contributed by atoms with van der Waals surface area (Å²) < 4.78 is 26.7. The summed E-state index contributed by atoms with van der Waals surface area (Å²) in [5.41, 5.74) is 3.24. The zero-order chi connectivity index (χ0) is 21.0. The van der Waals surface area contributed by atoms with Gasteiger partial charge in [0.05, 0.1) is 5.69 Å². The van der Waals surface area contributed by atoms with Crippen molar-refractivity contribution in [2.24, 2.45) is 0 Å². The van der Waals surface area contributed by atoms with Crippen molar-refractivity contribution in [3.05, 3.63) is 59.7 Å². The van der Waals surface area contributed by atoms with Gasteiger partial charge in [-0.1, -0.05) is 12.1 Å². The van der Waals surface area contributed by atoms with Gasteiger partial charge in [0.25, 0.3) is 5.91 Å². The predicted octanol–water partition coefficient (Wildman–Crippen LogP) is 2.46. The quantitative estimate of drug-likeness (QED) is 0.753. The van der Waals surface area contributed by atoms with Crippen LogP contribution in [0.2, 0.25) is 0 Å². The van der Waals surface area contributed by atoms with Gasteiger partial charge >= 0.3 is 10.2 Å². The van der Waals surface area contributed by atoms with E-state index in [0.717, 1.165) is 23.0 Å². The molecule has 1 aliphatic heterocycles. The Morgan fingerprint density at radius 2 is 1.55 bits per heavy atom. The van der Waals surface area contributed by atoms with E-state index in [1.54, 1.807) is 24.3 Å². The van der Waals surface area contributed by atoms with Crippen molar-refractivity contribution in [1.29, 1.82) is 0 Å². The molecular weight excluding hydrogens is 388 g/mol. The Labute approximate surface area is 173 Å². The van der Waals surface area contributed by atoms with Crippen LogP contribution in [0.25, 0.3) is 0 Å². The van der Waals surface area contributed by atoms with Crippen LogP contribution in [-0.4, -0.2) is 52.9 Å². The van der Waals surface area contributed by atoms with E-state index in [9.17, 15) is 13.2 Å². The summed E-state index contributed by atoms with van der Waals surface area (Å²) in [6.45, 7) is 2.66. The van der Waals surface area contributed by atoms with Crippen molar-refractivity contribution in [1.82, 2.24) is 9.62 Å². The van der Waals surface area contributed by atoms with Gasteiger partial charge in [-0.2, -0.15) is 12.7 Å². The zero-order valence-electron chi connectivity index (χ0n) is 17.1. The van der Waals surface area contributed by atoms with Gasteiger partial charge in [-0.3, -0.25) is 9.10 Å². The second-order valence-electron chi connectivity index (χ2n) is 7.35. The van der Waals surface area contributed by atoms with E-state index >= 15 is 0 Å². The number of hydrogen-bond donors (Lipinski definition) is 1. The molecule has 1 amide bonds. The Balaban J connectivity index is 1.58. The molecular formula is C21H28N4O3S. The fourth-order valence-corrected chi connectivity index (χ4v) is 4.16. The Bertz CT molecular complexity index is 935. The van der Waals surface area contributed by atoms with E-state index in [1.807, 2.05) is 12.1 Å². The van der Waals surface area contributed by atoms with Crippen molar-refractivity contribution in [2.45, 2.75) is 19.4 Å². The third-order valence-electron chi connectivity index (χ3n) is 5.16. The molecule has 0 atom stereocenters. The van der Waals surface area contributed by atoms with Gasteiger partial charge in [-0.05, 0) is 54.8 Å². The Kier molecular flexibility index (Phi) is 6.44. The molecule has 0 aliphatic carbocycles. The number of benzene rings is 2. The van der Waals surface area contributed by atoms with E-state index in [-0.39, 0.29) is 5.91 Å². The molecule has 29 heavy (non-hydrogen) atoms. The van der Waals surface area contributed by atoms with E-state index in [0.29, 0.717) is 17.8 Å². The SMILES string of the molecule is CN(C)S(=O)(=O)N(C)c1ccc(C(=O)NCc2ccc(N3CCCC3)cc2)cc1. The van der Waals surface area contributed by atoms with E-state index in [4.69, 9.17) is 0 Å². The average Bonchev–Trinajstić information content (AvgIpc) is 3.26. The lowest BCUT2D eigenvalue weighted by Gasteiger charge is -2.23. The number of amides is 1. The molecule has 1 aliphatic rings. The van der Waals surface area contributed by atoms with Crippen molar-refractivity contribution in [3.63, 3.8) is 0 Å². The van der Waals surface area contributed by atoms with Gasteiger partial charge in [0.1, 0.15) is 0 Å². The maximum Gasteiger partial charge on any atom is 0.303 e. The molecule has 0 unspecified atom stereocenters. The first-order valence-electron chi connectivity index (χ1n) is 9.67. The van der Waals surface area contributed by atoms with E-state index < -0.39 is 10.2 Å². The topological polar surface area (TPSA) is 73.0 Å². The van der Waals surface area contributed by atoms with Crippen LogP contribution in [0.4, 0.5) is 11.4 Å². The first-order chi connectivity index (χ1) is 13.8. The normalized spacial score (nSPS) is 14.3. The fourth-order valence-electron chi connectivity index (χ4n) is 3.29. The van der Waals surface area contributed by atoms with Crippen molar-refractivity contribution < 1.29 is 13.2 Å². The number of carbonyl (C=O) groups excluding carboxylic acids is 1. The number of anilines is 2. The lowest BCUT2D eigenvalue weighted by atomic mass is 10.1. The van der Waals surface area contributed by atoms with Gasteiger partial charge < -0.3 is 10.2 Å². The summed E-state index contributed by atoms with van der Waals surface area (Å²) in [4.78, 5) is 14.8. The van der Waals surface area contributed by atoms with Crippen molar-refractivity contribution in [3.8, 4) is 0 Å². The van der Waals surface area contributed by atoms with Gasteiger partial charge in [-0.15, -0.1) is 0 Å². The minimum atomic E-state index is -3.56. The summed E-state index contributed by atoms with van der Waals surface area (Å²) in [6, 6.07) is 14.8. The summed E-state index contributed by atoms with van der Waals surface area (Å²) >= 11 is 0. The van der Waals surface area contributed by atoms with Crippen LogP contribution in [0.5, 0.6) is 0 Å².